The van der Waals surface area contributed by atoms with Crippen molar-refractivity contribution >= 4 is 35.8 Å². The highest BCUT2D eigenvalue weighted by Gasteiger charge is 2.40. The second kappa shape index (κ2) is 9.97. The lowest BCUT2D eigenvalue weighted by Gasteiger charge is -2.24. The van der Waals surface area contributed by atoms with Gasteiger partial charge in [0, 0.05) is 10.9 Å². The van der Waals surface area contributed by atoms with Crippen LogP contribution in [0.25, 0.3) is 11.1 Å². The smallest absolute Gasteiger partial charge is 0.130 e. The summed E-state index contributed by atoms with van der Waals surface area (Å²) in [6.45, 7) is 8.79. The molecule has 1 atom stereocenters. The lowest BCUT2D eigenvalue weighted by molar-refractivity contribution is 0.213. The Labute approximate surface area is 178 Å². The van der Waals surface area contributed by atoms with E-state index in [1.165, 1.54) is 22.6 Å². The molecule has 0 bridgehead atoms. The third-order valence-corrected chi connectivity index (χ3v) is 8.29. The van der Waals surface area contributed by atoms with Gasteiger partial charge in [-0.2, -0.15) is 0 Å². The van der Waals surface area contributed by atoms with Gasteiger partial charge in [0.1, 0.15) is 22.6 Å². The molecule has 3 nitrogen and oxygen atoms in total. The van der Waals surface area contributed by atoms with Gasteiger partial charge in [-0.25, -0.2) is 0 Å². The van der Waals surface area contributed by atoms with Crippen LogP contribution in [0.15, 0.2) is 36.4 Å². The molecular formula is C22H30IO3P. The van der Waals surface area contributed by atoms with Gasteiger partial charge in [-0.15, -0.1) is 0 Å². The van der Waals surface area contributed by atoms with Crippen molar-refractivity contribution in [2.45, 2.75) is 39.0 Å². The Hall–Kier alpha value is -1.00. The molecule has 0 saturated carbocycles. The number of unbranched alkanes of at least 4 members (excludes halogenated alkanes) is 1. The maximum atomic E-state index is 6.16. The summed E-state index contributed by atoms with van der Waals surface area (Å²) in [4.78, 5) is 0. The first kappa shape index (κ1) is 22.3. The summed E-state index contributed by atoms with van der Waals surface area (Å²) in [7, 11) is 2.95. The summed E-state index contributed by atoms with van der Waals surface area (Å²) < 4.78 is 18.6. The third kappa shape index (κ3) is 4.89. The van der Waals surface area contributed by atoms with Crippen molar-refractivity contribution in [1.82, 2.24) is 0 Å². The van der Waals surface area contributed by atoms with E-state index >= 15 is 0 Å². The molecule has 27 heavy (non-hydrogen) atoms. The van der Waals surface area contributed by atoms with Crippen LogP contribution in [-0.4, -0.2) is 30.7 Å². The van der Waals surface area contributed by atoms with Crippen LogP contribution in [0, 0.1) is 0 Å². The van der Waals surface area contributed by atoms with Gasteiger partial charge in [0.2, 0.25) is 0 Å². The first-order valence-corrected chi connectivity index (χ1v) is 12.6. The predicted octanol–water partition coefficient (Wildman–Crippen LogP) is 6.46. The summed E-state index contributed by atoms with van der Waals surface area (Å²) in [6.07, 6.45) is 2.71. The Bertz CT molecular complexity index is 737. The van der Waals surface area contributed by atoms with Gasteiger partial charge in [0.15, 0.2) is 0 Å². The highest BCUT2D eigenvalue weighted by atomic mass is 127. The van der Waals surface area contributed by atoms with Crippen molar-refractivity contribution in [1.29, 1.82) is 0 Å². The molecule has 0 saturated heterocycles. The summed E-state index contributed by atoms with van der Waals surface area (Å²) in [5.41, 5.74) is 2.14. The zero-order chi connectivity index (χ0) is 20.0. The molecule has 1 heterocycles. The van der Waals surface area contributed by atoms with Crippen molar-refractivity contribution in [3.8, 4) is 28.4 Å². The van der Waals surface area contributed by atoms with Gasteiger partial charge in [0.25, 0.3) is 0 Å². The van der Waals surface area contributed by atoms with Crippen molar-refractivity contribution < 1.29 is 14.2 Å². The highest BCUT2D eigenvalue weighted by molar-refractivity contribution is 14.1. The fourth-order valence-corrected chi connectivity index (χ4v) is 5.54. The Morgan fingerprint density at radius 2 is 1.63 bits per heavy atom. The molecule has 1 aliphatic heterocycles. The van der Waals surface area contributed by atoms with E-state index in [1.807, 2.05) is 30.3 Å². The lowest BCUT2D eigenvalue weighted by Crippen LogP contribution is -2.21. The number of halogens is 1. The fraction of sp³-hybridized carbons (Fsp3) is 0.455. The molecule has 1 aliphatic rings. The maximum Gasteiger partial charge on any atom is 0.130 e. The summed E-state index contributed by atoms with van der Waals surface area (Å²) in [6, 6.07) is 12.1. The van der Waals surface area contributed by atoms with E-state index in [0.717, 1.165) is 28.4 Å². The molecule has 2 aromatic carbocycles. The molecule has 0 aromatic heterocycles. The van der Waals surface area contributed by atoms with E-state index < -0.39 is 7.92 Å². The van der Waals surface area contributed by atoms with Crippen molar-refractivity contribution in [2.24, 2.45) is 0 Å². The van der Waals surface area contributed by atoms with Crippen LogP contribution >= 0.6 is 30.5 Å². The molecule has 5 heteroatoms. The predicted molar refractivity (Wildman–Crippen MR) is 126 cm³/mol. The Morgan fingerprint density at radius 1 is 1.04 bits per heavy atom. The molecule has 0 amide bonds. The molecule has 0 spiro atoms. The average Bonchev–Trinajstić information content (AvgIpc) is 2.91. The first-order valence-electron chi connectivity index (χ1n) is 9.24. The molecule has 1 unspecified atom stereocenters. The van der Waals surface area contributed by atoms with Crippen LogP contribution < -0.4 is 19.5 Å². The Kier molecular flexibility index (Phi) is 8.23. The van der Waals surface area contributed by atoms with E-state index in [0.29, 0.717) is 0 Å². The quantitative estimate of drug-likeness (QED) is 0.268. The van der Waals surface area contributed by atoms with E-state index in [1.54, 1.807) is 14.2 Å². The second-order valence-corrected chi connectivity index (χ2v) is 10.6. The molecular weight excluding hydrogens is 470 g/mol. The van der Waals surface area contributed by atoms with Crippen molar-refractivity contribution in [3.05, 3.63) is 36.4 Å². The third-order valence-electron chi connectivity index (χ3n) is 4.69. The number of methoxy groups -OCH3 is 2. The highest BCUT2D eigenvalue weighted by Crippen LogP contribution is 2.56. The first-order chi connectivity index (χ1) is 12.9. The van der Waals surface area contributed by atoms with Crippen LogP contribution in [-0.2, 0) is 0 Å². The minimum absolute atomic E-state index is 0.150. The zero-order valence-electron chi connectivity index (χ0n) is 17.1. The van der Waals surface area contributed by atoms with Crippen molar-refractivity contribution in [3.63, 3.8) is 0 Å². The lowest BCUT2D eigenvalue weighted by atomic mass is 10.0. The second-order valence-electron chi connectivity index (χ2n) is 6.84. The van der Waals surface area contributed by atoms with E-state index in [-0.39, 0.29) is 5.34 Å². The van der Waals surface area contributed by atoms with Crippen LogP contribution in [0.1, 0.15) is 33.6 Å². The summed E-state index contributed by atoms with van der Waals surface area (Å²) in [5.74, 6) is 2.62. The summed E-state index contributed by atoms with van der Waals surface area (Å²) >= 11 is 2.39. The minimum atomic E-state index is -0.437. The number of hydrogen-bond donors (Lipinski definition) is 0. The minimum Gasteiger partial charge on any atom is -0.496 e. The zero-order valence-corrected chi connectivity index (χ0v) is 20.2. The molecule has 0 N–H and O–H groups in total. The van der Waals surface area contributed by atoms with E-state index in [4.69, 9.17) is 14.2 Å². The van der Waals surface area contributed by atoms with Crippen LogP contribution in [0.4, 0.5) is 0 Å². The van der Waals surface area contributed by atoms with E-state index in [2.05, 4.69) is 56.1 Å². The van der Waals surface area contributed by atoms with Gasteiger partial charge in [-0.05, 0) is 57.5 Å². The molecule has 3 rings (SSSR count). The molecule has 2 aromatic rings. The summed E-state index contributed by atoms with van der Waals surface area (Å²) in [5, 5.41) is 1.13. The van der Waals surface area contributed by atoms with Gasteiger partial charge >= 0.3 is 0 Å². The number of rotatable bonds is 5. The maximum absolute atomic E-state index is 6.16. The Balaban J connectivity index is 0.000000465. The number of hydrogen-bond acceptors (Lipinski definition) is 3. The largest absolute Gasteiger partial charge is 0.496 e. The molecule has 0 aliphatic carbocycles. The topological polar surface area (TPSA) is 27.7 Å². The van der Waals surface area contributed by atoms with Crippen LogP contribution in [0.3, 0.4) is 0 Å². The van der Waals surface area contributed by atoms with Crippen LogP contribution in [0.2, 0.25) is 0 Å². The average molecular weight is 500 g/mol. The molecule has 0 radical (unpaired) electrons. The van der Waals surface area contributed by atoms with Gasteiger partial charge < -0.3 is 14.2 Å². The number of ether oxygens (including phenoxy) is 3. The molecule has 0 fully saturated rings. The number of alkyl halides is 1. The van der Waals surface area contributed by atoms with Gasteiger partial charge in [0.05, 0.1) is 19.8 Å². The SMILES string of the molecule is CCCCI.COc1cccc(OC)c1-c1cccc2c1P(C)C(C)(C)O2. The number of benzene rings is 2. The van der Waals surface area contributed by atoms with Crippen molar-refractivity contribution in [2.75, 3.05) is 25.3 Å². The molecule has 148 valence electrons. The standard InChI is InChI=1S/C18H21O3P.C4H9I/c1-18(2)21-15-11-6-8-12(17(15)22(18)5)16-13(19-3)9-7-10-14(16)20-4;1-2-3-4-5/h6-11H,1-5H3;2-4H2,1H3. The fourth-order valence-electron chi connectivity index (χ4n) is 3.01. The van der Waals surface area contributed by atoms with Crippen LogP contribution in [0.5, 0.6) is 17.2 Å². The monoisotopic (exact) mass is 500 g/mol. The van der Waals surface area contributed by atoms with Gasteiger partial charge in [-0.1, -0.05) is 54.1 Å². The number of fused-ring (bicyclic) bond motifs is 1. The Morgan fingerprint density at radius 3 is 2.11 bits per heavy atom. The normalized spacial score (nSPS) is 16.6. The van der Waals surface area contributed by atoms with Gasteiger partial charge in [-0.3, -0.25) is 0 Å². The van der Waals surface area contributed by atoms with E-state index in [9.17, 15) is 0 Å².